The van der Waals surface area contributed by atoms with Crippen LogP contribution in [0.1, 0.15) is 12.6 Å². The fraction of sp³-hybridized carbons (Fsp3) is 0.429. The van der Waals surface area contributed by atoms with Crippen LogP contribution in [0, 0.1) is 6.92 Å². The molecule has 0 saturated carbocycles. The number of hydrogen-bond acceptors (Lipinski definition) is 6. The standard InChI is InChI=1S/C7H9ClN2O5S2/c1-4-3-6(8)10-7(9-4)16(11,12)5(2)17(13,14)15/h3,5H,1-2H3,(H,13,14,15). The minimum absolute atomic E-state index is 0.126. The van der Waals surface area contributed by atoms with E-state index >= 15 is 0 Å². The molecule has 0 aliphatic heterocycles. The van der Waals surface area contributed by atoms with Crippen molar-refractivity contribution in [1.29, 1.82) is 0 Å². The summed E-state index contributed by atoms with van der Waals surface area (Å²) in [5.74, 6) is 0. The van der Waals surface area contributed by atoms with Crippen LogP contribution in [0.4, 0.5) is 0 Å². The highest BCUT2D eigenvalue weighted by Gasteiger charge is 2.36. The van der Waals surface area contributed by atoms with Crippen LogP contribution in [-0.4, -0.2) is 35.9 Å². The maximum atomic E-state index is 11.8. The Labute approximate surface area is 104 Å². The molecule has 0 aliphatic rings. The Balaban J connectivity index is 3.42. The van der Waals surface area contributed by atoms with Gasteiger partial charge in [-0.15, -0.1) is 0 Å². The van der Waals surface area contributed by atoms with Gasteiger partial charge in [-0.1, -0.05) is 11.6 Å². The minimum atomic E-state index is -4.75. The van der Waals surface area contributed by atoms with Crippen molar-refractivity contribution in [2.45, 2.75) is 23.6 Å². The summed E-state index contributed by atoms with van der Waals surface area (Å²) in [6.07, 6.45) is 0. The molecule has 0 fully saturated rings. The number of halogens is 1. The van der Waals surface area contributed by atoms with Crippen LogP contribution in [0.25, 0.3) is 0 Å². The highest BCUT2D eigenvalue weighted by Crippen LogP contribution is 2.18. The van der Waals surface area contributed by atoms with Crippen molar-refractivity contribution < 1.29 is 21.4 Å². The highest BCUT2D eigenvalue weighted by atomic mass is 35.5. The average molecular weight is 301 g/mol. The van der Waals surface area contributed by atoms with Gasteiger partial charge in [-0.3, -0.25) is 4.55 Å². The van der Waals surface area contributed by atoms with Gasteiger partial charge in [0.2, 0.25) is 15.0 Å². The van der Waals surface area contributed by atoms with Gasteiger partial charge in [-0.25, -0.2) is 18.4 Å². The summed E-state index contributed by atoms with van der Waals surface area (Å²) in [4.78, 5) is 7.01. The lowest BCUT2D eigenvalue weighted by Gasteiger charge is -2.09. The van der Waals surface area contributed by atoms with E-state index in [1.165, 1.54) is 13.0 Å². The monoisotopic (exact) mass is 300 g/mol. The maximum Gasteiger partial charge on any atom is 0.282 e. The Morgan fingerprint density at radius 2 is 1.82 bits per heavy atom. The number of rotatable bonds is 3. The van der Waals surface area contributed by atoms with Gasteiger partial charge in [0, 0.05) is 5.69 Å². The van der Waals surface area contributed by atoms with Gasteiger partial charge in [-0.2, -0.15) is 8.42 Å². The zero-order valence-electron chi connectivity index (χ0n) is 8.82. The minimum Gasteiger partial charge on any atom is -0.285 e. The lowest BCUT2D eigenvalue weighted by atomic mass is 10.5. The van der Waals surface area contributed by atoms with E-state index in [1.807, 2.05) is 0 Å². The number of aromatic nitrogens is 2. The molecule has 0 amide bonds. The zero-order valence-corrected chi connectivity index (χ0v) is 11.2. The summed E-state index contributed by atoms with van der Waals surface area (Å²) in [6, 6.07) is 1.32. The Morgan fingerprint density at radius 1 is 1.29 bits per heavy atom. The van der Waals surface area contributed by atoms with E-state index in [1.54, 1.807) is 0 Å². The van der Waals surface area contributed by atoms with Gasteiger partial charge in [0.15, 0.2) is 4.58 Å². The highest BCUT2D eigenvalue weighted by molar-refractivity contribution is 8.06. The van der Waals surface area contributed by atoms with Gasteiger partial charge in [0.05, 0.1) is 0 Å². The first kappa shape index (κ1) is 14.3. The topological polar surface area (TPSA) is 114 Å². The summed E-state index contributed by atoms with van der Waals surface area (Å²) >= 11 is 5.55. The van der Waals surface area contributed by atoms with Crippen molar-refractivity contribution in [3.8, 4) is 0 Å². The first-order chi connectivity index (χ1) is 7.55. The van der Waals surface area contributed by atoms with Gasteiger partial charge in [-0.05, 0) is 19.9 Å². The summed E-state index contributed by atoms with van der Waals surface area (Å²) in [5.41, 5.74) is 0.270. The molecule has 17 heavy (non-hydrogen) atoms. The van der Waals surface area contributed by atoms with Gasteiger partial charge in [0.1, 0.15) is 5.15 Å². The van der Waals surface area contributed by atoms with Crippen molar-refractivity contribution in [3.05, 3.63) is 16.9 Å². The maximum absolute atomic E-state index is 11.8. The van der Waals surface area contributed by atoms with Crippen LogP contribution in [0.3, 0.4) is 0 Å². The molecule has 0 saturated heterocycles. The SMILES string of the molecule is Cc1cc(Cl)nc(S(=O)(=O)C(C)S(=O)(=O)O)n1. The molecule has 1 N–H and O–H groups in total. The molecule has 1 aromatic rings. The molecule has 0 bridgehead atoms. The van der Waals surface area contributed by atoms with Crippen LogP contribution < -0.4 is 0 Å². The van der Waals surface area contributed by atoms with E-state index in [2.05, 4.69) is 9.97 Å². The third-order valence-electron chi connectivity index (χ3n) is 1.91. The lowest BCUT2D eigenvalue weighted by Crippen LogP contribution is -2.28. The third-order valence-corrected chi connectivity index (χ3v) is 6.00. The van der Waals surface area contributed by atoms with E-state index in [0.29, 0.717) is 0 Å². The summed E-state index contributed by atoms with van der Waals surface area (Å²) in [7, 11) is -9.13. The van der Waals surface area contributed by atoms with E-state index < -0.39 is 29.7 Å². The van der Waals surface area contributed by atoms with Crippen molar-refractivity contribution in [3.63, 3.8) is 0 Å². The fourth-order valence-electron chi connectivity index (χ4n) is 0.940. The van der Waals surface area contributed by atoms with E-state index in [4.69, 9.17) is 16.2 Å². The molecule has 0 aromatic carbocycles. The first-order valence-corrected chi connectivity index (χ1v) is 7.69. The van der Waals surface area contributed by atoms with Crippen LogP contribution in [0.5, 0.6) is 0 Å². The fourth-order valence-corrected chi connectivity index (χ4v) is 3.56. The Morgan fingerprint density at radius 3 is 2.24 bits per heavy atom. The van der Waals surface area contributed by atoms with E-state index in [0.717, 1.165) is 6.92 Å². The van der Waals surface area contributed by atoms with E-state index in [9.17, 15) is 16.8 Å². The summed E-state index contributed by atoms with van der Waals surface area (Å²) in [5, 5.41) is -0.855. The molecule has 1 unspecified atom stereocenters. The lowest BCUT2D eigenvalue weighted by molar-refractivity contribution is 0.478. The van der Waals surface area contributed by atoms with Gasteiger partial charge in [0.25, 0.3) is 10.1 Å². The Bertz CT molecular complexity index is 620. The number of hydrogen-bond donors (Lipinski definition) is 1. The average Bonchev–Trinajstić information content (AvgIpc) is 2.13. The number of nitrogens with zero attached hydrogens (tertiary/aromatic N) is 2. The second kappa shape index (κ2) is 4.48. The number of aryl methyl sites for hydroxylation is 1. The van der Waals surface area contributed by atoms with Crippen molar-refractivity contribution in [1.82, 2.24) is 9.97 Å². The largest absolute Gasteiger partial charge is 0.285 e. The molecular weight excluding hydrogens is 292 g/mol. The second-order valence-electron chi connectivity index (χ2n) is 3.24. The van der Waals surface area contributed by atoms with Crippen LogP contribution in [-0.2, 0) is 20.0 Å². The van der Waals surface area contributed by atoms with Crippen LogP contribution in [0.2, 0.25) is 5.15 Å². The molecule has 96 valence electrons. The zero-order chi connectivity index (χ0) is 13.4. The van der Waals surface area contributed by atoms with Gasteiger partial charge < -0.3 is 0 Å². The predicted octanol–water partition coefficient (Wildman–Crippen LogP) is 0.446. The van der Waals surface area contributed by atoms with Crippen LogP contribution in [0.15, 0.2) is 11.2 Å². The summed E-state index contributed by atoms with van der Waals surface area (Å²) < 4.78 is 51.8. The quantitative estimate of drug-likeness (QED) is 0.489. The molecule has 1 aromatic heterocycles. The Kier molecular flexibility index (Phi) is 3.77. The molecule has 1 rings (SSSR count). The first-order valence-electron chi connectivity index (χ1n) is 4.26. The molecule has 1 atom stereocenters. The molecule has 1 heterocycles. The number of sulfone groups is 1. The second-order valence-corrected chi connectivity index (χ2v) is 7.83. The van der Waals surface area contributed by atoms with E-state index in [-0.39, 0.29) is 10.8 Å². The van der Waals surface area contributed by atoms with Gasteiger partial charge >= 0.3 is 0 Å². The van der Waals surface area contributed by atoms with Crippen molar-refractivity contribution >= 4 is 31.6 Å². The Hall–Kier alpha value is -0.770. The third kappa shape index (κ3) is 3.12. The van der Waals surface area contributed by atoms with Crippen molar-refractivity contribution in [2.24, 2.45) is 0 Å². The van der Waals surface area contributed by atoms with Crippen LogP contribution >= 0.6 is 11.6 Å². The molecule has 0 spiro atoms. The molecular formula is C7H9ClN2O5S2. The van der Waals surface area contributed by atoms with Crippen molar-refractivity contribution in [2.75, 3.05) is 0 Å². The molecule has 0 radical (unpaired) electrons. The predicted molar refractivity (Wildman–Crippen MR) is 60.0 cm³/mol. The molecule has 10 heteroatoms. The summed E-state index contributed by atoms with van der Waals surface area (Å²) in [6.45, 7) is 2.30. The normalized spacial score (nSPS) is 14.6. The smallest absolute Gasteiger partial charge is 0.282 e. The molecule has 7 nitrogen and oxygen atoms in total. The molecule has 0 aliphatic carbocycles.